The number of fused-ring (bicyclic) bond motifs is 3. The summed E-state index contributed by atoms with van der Waals surface area (Å²) in [5, 5.41) is 12.5. The third kappa shape index (κ3) is 8.77. The number of hydrogen-bond acceptors (Lipinski definition) is 2. The first-order chi connectivity index (χ1) is 40.2. The Kier molecular flexibility index (Phi) is 13.0. The highest BCUT2D eigenvalue weighted by molar-refractivity contribution is 7.22. The second-order valence-electron chi connectivity index (χ2n) is 20.8. The van der Waals surface area contributed by atoms with Crippen molar-refractivity contribution in [1.29, 1.82) is 0 Å². The Morgan fingerprint density at radius 1 is 0.222 bits per heavy atom. The Bertz CT molecular complexity index is 4180. The maximum Gasteiger partial charge on any atom is 0.179 e. The van der Waals surface area contributed by atoms with E-state index < -0.39 is 16.1 Å². The largest absolute Gasteiger partial charge is 0.294 e. The Labute approximate surface area is 475 Å². The van der Waals surface area contributed by atoms with Crippen molar-refractivity contribution in [2.45, 2.75) is 0 Å². The molecule has 14 rings (SSSR count). The van der Waals surface area contributed by atoms with Gasteiger partial charge < -0.3 is 0 Å². The molecular formula is C76H55N3Si2. The molecule has 0 aliphatic carbocycles. The first kappa shape index (κ1) is 49.3. The van der Waals surface area contributed by atoms with E-state index in [2.05, 4.69) is 338 Å². The van der Waals surface area contributed by atoms with Crippen LogP contribution in [0.15, 0.2) is 334 Å². The first-order valence-electron chi connectivity index (χ1n) is 27.8. The van der Waals surface area contributed by atoms with Gasteiger partial charge in [0.15, 0.2) is 22.0 Å². The number of rotatable bonds is 13. The topological polar surface area (TPSA) is 30.7 Å². The molecule has 3 nitrogen and oxygen atoms in total. The zero-order chi connectivity index (χ0) is 54.0. The fourth-order valence-corrected chi connectivity index (χ4v) is 22.5. The molecule has 0 fully saturated rings. The molecule has 0 N–H and O–H groups in total. The highest BCUT2D eigenvalue weighted by atomic mass is 28.3. The lowest BCUT2D eigenvalue weighted by atomic mass is 10.1. The minimum Gasteiger partial charge on any atom is -0.294 e. The van der Waals surface area contributed by atoms with Crippen LogP contribution in [0.5, 0.6) is 0 Å². The van der Waals surface area contributed by atoms with Gasteiger partial charge in [0.05, 0.1) is 16.7 Å². The Morgan fingerprint density at radius 2 is 0.543 bits per heavy atom. The molecule has 0 aliphatic heterocycles. The van der Waals surface area contributed by atoms with E-state index in [1.165, 1.54) is 74.5 Å². The van der Waals surface area contributed by atoms with Crippen molar-refractivity contribution >= 4 is 79.4 Å². The van der Waals surface area contributed by atoms with Gasteiger partial charge >= 0.3 is 0 Å². The number of aromatic nitrogens is 3. The molecule has 0 bridgehead atoms. The lowest BCUT2D eigenvalue weighted by Gasteiger charge is -2.38. The van der Waals surface area contributed by atoms with Crippen LogP contribution in [0.4, 0.5) is 0 Å². The van der Waals surface area contributed by atoms with Gasteiger partial charge in [0.1, 0.15) is 5.82 Å². The van der Waals surface area contributed by atoms with Gasteiger partial charge in [-0.15, -0.1) is 0 Å². The molecule has 0 aliphatic rings. The van der Waals surface area contributed by atoms with Crippen LogP contribution >= 0.6 is 0 Å². The summed E-state index contributed by atoms with van der Waals surface area (Å²) in [5.41, 5.74) is 9.72. The van der Waals surface area contributed by atoms with E-state index in [1.807, 2.05) is 0 Å². The van der Waals surface area contributed by atoms with Crippen LogP contribution in [0.2, 0.25) is 0 Å². The van der Waals surface area contributed by atoms with Gasteiger partial charge in [0, 0.05) is 28.0 Å². The highest BCUT2D eigenvalue weighted by Crippen LogP contribution is 2.34. The Morgan fingerprint density at radius 3 is 0.951 bits per heavy atom. The van der Waals surface area contributed by atoms with E-state index >= 15 is 0 Å². The highest BCUT2D eigenvalue weighted by Gasteiger charge is 2.46. The van der Waals surface area contributed by atoms with Crippen molar-refractivity contribution in [3.63, 3.8) is 0 Å². The standard InChI is InChI=1S/C76H55N3Si2/c1-8-28-56(29-9-1)59-34-26-44-66(50-59)80(62-36-14-4-15-37-62,63-38-16-5-17-39-63)68-52-61(76-77-72(58-32-12-3-13-33-58)55-75(78-76)79-73-48-24-22-46-70(73)71-47-23-25-49-74(71)79)53-69(54-68)81(64-40-18-6-19-41-64,65-42-20-7-21-43-65)67-45-27-35-60(51-67)57-30-10-2-11-31-57/h1-55H. The summed E-state index contributed by atoms with van der Waals surface area (Å²) in [7, 11) is -6.72. The predicted molar refractivity (Wildman–Crippen MR) is 345 cm³/mol. The summed E-state index contributed by atoms with van der Waals surface area (Å²) in [5.74, 6) is 1.46. The molecule has 0 amide bonds. The monoisotopic (exact) mass is 1070 g/mol. The fraction of sp³-hybridized carbons (Fsp3) is 0. The Balaban J connectivity index is 1.16. The molecule has 0 saturated carbocycles. The lowest BCUT2D eigenvalue weighted by Crippen LogP contribution is -2.78. The second kappa shape index (κ2) is 21.3. The van der Waals surface area contributed by atoms with Crippen LogP contribution in [0.3, 0.4) is 0 Å². The van der Waals surface area contributed by atoms with Crippen molar-refractivity contribution in [3.05, 3.63) is 334 Å². The second-order valence-corrected chi connectivity index (χ2v) is 28.4. The molecule has 0 radical (unpaired) electrons. The van der Waals surface area contributed by atoms with E-state index in [0.29, 0.717) is 5.82 Å². The van der Waals surface area contributed by atoms with Gasteiger partial charge in [-0.1, -0.05) is 315 Å². The van der Waals surface area contributed by atoms with Crippen LogP contribution in [0.1, 0.15) is 0 Å². The number of para-hydroxylation sites is 2. The molecule has 0 saturated heterocycles. The molecule has 0 atom stereocenters. The molecule has 2 heterocycles. The summed E-state index contributed by atoms with van der Waals surface area (Å²) in [6.45, 7) is 0. The average Bonchev–Trinajstić information content (AvgIpc) is 4.05. The molecule has 0 spiro atoms. The van der Waals surface area contributed by atoms with Crippen molar-refractivity contribution in [2.24, 2.45) is 0 Å². The first-order valence-corrected chi connectivity index (χ1v) is 31.8. The molecule has 0 unspecified atom stereocenters. The normalized spacial score (nSPS) is 11.7. The summed E-state index contributed by atoms with van der Waals surface area (Å²) in [4.78, 5) is 11.6. The summed E-state index contributed by atoms with van der Waals surface area (Å²) in [6, 6.07) is 123. The molecule has 5 heteroatoms. The molecular weight excluding hydrogens is 1010 g/mol. The van der Waals surface area contributed by atoms with E-state index in [-0.39, 0.29) is 0 Å². The van der Waals surface area contributed by atoms with E-state index in [9.17, 15) is 0 Å². The molecule has 81 heavy (non-hydrogen) atoms. The number of nitrogens with zero attached hydrogens (tertiary/aromatic N) is 3. The fourth-order valence-electron chi connectivity index (χ4n) is 12.7. The van der Waals surface area contributed by atoms with Crippen LogP contribution in [0, 0.1) is 0 Å². The summed E-state index contributed by atoms with van der Waals surface area (Å²) >= 11 is 0. The van der Waals surface area contributed by atoms with Crippen LogP contribution in [0.25, 0.3) is 72.5 Å². The van der Waals surface area contributed by atoms with Crippen molar-refractivity contribution < 1.29 is 0 Å². The van der Waals surface area contributed by atoms with Gasteiger partial charge in [-0.05, 0) is 75.9 Å². The van der Waals surface area contributed by atoms with Crippen molar-refractivity contribution in [2.75, 3.05) is 0 Å². The van der Waals surface area contributed by atoms with Crippen molar-refractivity contribution in [3.8, 4) is 50.7 Å². The maximum atomic E-state index is 5.84. The van der Waals surface area contributed by atoms with E-state index in [0.717, 1.165) is 33.7 Å². The van der Waals surface area contributed by atoms with Gasteiger partial charge in [0.2, 0.25) is 0 Å². The summed E-state index contributed by atoms with van der Waals surface area (Å²) < 4.78 is 2.33. The quantitative estimate of drug-likeness (QED) is 0.0851. The van der Waals surface area contributed by atoms with Gasteiger partial charge in [0.25, 0.3) is 0 Å². The molecule has 382 valence electrons. The molecule has 14 aromatic rings. The van der Waals surface area contributed by atoms with E-state index in [4.69, 9.17) is 9.97 Å². The number of benzene rings is 12. The minimum atomic E-state index is -3.36. The molecule has 2 aromatic heterocycles. The van der Waals surface area contributed by atoms with Crippen LogP contribution < -0.4 is 41.5 Å². The lowest BCUT2D eigenvalue weighted by molar-refractivity contribution is 1.05. The van der Waals surface area contributed by atoms with E-state index in [1.54, 1.807) is 0 Å². The van der Waals surface area contributed by atoms with Crippen LogP contribution in [-0.2, 0) is 0 Å². The smallest absolute Gasteiger partial charge is 0.179 e. The number of hydrogen-bond donors (Lipinski definition) is 0. The molecule has 12 aromatic carbocycles. The third-order valence-corrected chi connectivity index (χ3v) is 25.7. The minimum absolute atomic E-state index is 0.653. The predicted octanol–water partition coefficient (Wildman–Crippen LogP) is 13.0. The summed E-state index contributed by atoms with van der Waals surface area (Å²) in [6.07, 6.45) is 0. The van der Waals surface area contributed by atoms with Crippen molar-refractivity contribution in [1.82, 2.24) is 14.5 Å². The zero-order valence-electron chi connectivity index (χ0n) is 44.6. The van der Waals surface area contributed by atoms with Crippen LogP contribution in [-0.4, -0.2) is 30.7 Å². The van der Waals surface area contributed by atoms with Gasteiger partial charge in [-0.2, -0.15) is 0 Å². The van der Waals surface area contributed by atoms with Gasteiger partial charge in [-0.25, -0.2) is 9.97 Å². The third-order valence-electron chi connectivity index (χ3n) is 16.3. The van der Waals surface area contributed by atoms with Gasteiger partial charge in [-0.3, -0.25) is 4.57 Å². The SMILES string of the molecule is c1ccc(-c2cccc([Si](c3ccccc3)(c3ccccc3)c3cc(-c4nc(-c5ccccc5)cc(-n5c6ccccc6c6ccccc65)n4)cc([Si](c4ccccc4)(c4ccccc4)c4cccc(-c5ccccc5)c4)c3)c2)cc1. The zero-order valence-corrected chi connectivity index (χ0v) is 46.6. The Hall–Kier alpha value is -10.0. The maximum absolute atomic E-state index is 5.84. The average molecular weight is 1070 g/mol.